The third-order valence-corrected chi connectivity index (χ3v) is 16.0. The maximum Gasteiger partial charge on any atom is 0.0839 e. The Kier molecular flexibility index (Phi) is 6.52. The van der Waals surface area contributed by atoms with Crippen molar-refractivity contribution in [3.63, 3.8) is 0 Å². The van der Waals surface area contributed by atoms with E-state index in [4.69, 9.17) is 0 Å². The van der Waals surface area contributed by atoms with Gasteiger partial charge in [0, 0.05) is 0 Å². The Morgan fingerprint density at radius 2 is 1.27 bits per heavy atom. The van der Waals surface area contributed by atoms with E-state index in [1.807, 2.05) is 0 Å². The molecule has 2 aromatic rings. The zero-order valence-electron chi connectivity index (χ0n) is 17.9. The lowest BCUT2D eigenvalue weighted by atomic mass is 10.1. The Morgan fingerprint density at radius 3 is 1.81 bits per heavy atom. The Morgan fingerprint density at radius 1 is 0.731 bits per heavy atom. The Balaban J connectivity index is 2.75. The second kappa shape index (κ2) is 8.10. The summed E-state index contributed by atoms with van der Waals surface area (Å²) in [6.07, 6.45) is 2.48. The summed E-state index contributed by atoms with van der Waals surface area (Å²) in [5.41, 5.74) is 4.27. The smallest absolute Gasteiger partial charge is 0.0652 e. The van der Waals surface area contributed by atoms with Crippen LogP contribution in [0, 0.1) is 0 Å². The van der Waals surface area contributed by atoms with E-state index in [1.54, 1.807) is 10.4 Å². The van der Waals surface area contributed by atoms with Crippen molar-refractivity contribution in [2.24, 2.45) is 0 Å². The quantitative estimate of drug-likeness (QED) is 0.367. The lowest BCUT2D eigenvalue weighted by Gasteiger charge is -2.36. The summed E-state index contributed by atoms with van der Waals surface area (Å²) in [4.78, 5) is 0. The molecular weight excluding hydrogens is 344 g/mol. The molecular formula is C24H36Si2. The molecule has 0 N–H and O–H groups in total. The molecule has 0 bridgehead atoms. The number of rotatable bonds is 6. The third-order valence-electron chi connectivity index (χ3n) is 6.60. The number of benzene rings is 2. The van der Waals surface area contributed by atoms with Crippen LogP contribution >= 0.6 is 0 Å². The zero-order valence-corrected chi connectivity index (χ0v) is 19.9. The van der Waals surface area contributed by atoms with Gasteiger partial charge in [-0.05, 0) is 22.2 Å². The molecule has 0 amide bonds. The maximum atomic E-state index is 2.53. The van der Waals surface area contributed by atoms with Gasteiger partial charge in [-0.25, -0.2) is 0 Å². The highest BCUT2D eigenvalue weighted by Crippen LogP contribution is 2.37. The van der Waals surface area contributed by atoms with Crippen LogP contribution in [0.5, 0.6) is 0 Å². The van der Waals surface area contributed by atoms with Crippen molar-refractivity contribution in [1.82, 2.24) is 0 Å². The standard InChI is InChI=1S/C24H36Si2/c1-19(2)25(5,6)23-17-13-12-16-22(23)24(26(7,8)20(3)4)18-21-14-10-9-11-15-21/h9-20H,1-8H3/b24-18-. The van der Waals surface area contributed by atoms with Crippen molar-refractivity contribution < 1.29 is 0 Å². The molecule has 0 aliphatic rings. The molecule has 0 radical (unpaired) electrons. The van der Waals surface area contributed by atoms with E-state index in [1.165, 1.54) is 11.1 Å². The lowest BCUT2D eigenvalue weighted by molar-refractivity contribution is 1.02. The highest BCUT2D eigenvalue weighted by atomic mass is 28.3. The summed E-state index contributed by atoms with van der Waals surface area (Å²) in [7, 11) is -3.11. The molecule has 2 rings (SSSR count). The van der Waals surface area contributed by atoms with Gasteiger partial charge in [-0.1, -0.05) is 125 Å². The molecule has 0 saturated carbocycles. The first-order valence-corrected chi connectivity index (χ1v) is 16.1. The molecule has 0 nitrogen and oxygen atoms in total. The summed E-state index contributed by atoms with van der Waals surface area (Å²) in [6, 6.07) is 20.1. The van der Waals surface area contributed by atoms with E-state index >= 15 is 0 Å². The van der Waals surface area contributed by atoms with Crippen LogP contribution in [0.15, 0.2) is 54.6 Å². The first kappa shape index (κ1) is 20.9. The molecule has 0 aliphatic carbocycles. The maximum absolute atomic E-state index is 2.53. The van der Waals surface area contributed by atoms with Gasteiger partial charge in [0.1, 0.15) is 0 Å². The fourth-order valence-corrected chi connectivity index (χ4v) is 7.49. The monoisotopic (exact) mass is 380 g/mol. The van der Waals surface area contributed by atoms with Gasteiger partial charge in [0.15, 0.2) is 0 Å². The third kappa shape index (κ3) is 4.29. The van der Waals surface area contributed by atoms with Gasteiger partial charge in [-0.3, -0.25) is 0 Å². The highest BCUT2D eigenvalue weighted by molar-refractivity contribution is 6.98. The van der Waals surface area contributed by atoms with Crippen LogP contribution in [0.1, 0.15) is 38.8 Å². The number of hydrogen-bond donors (Lipinski definition) is 0. The molecule has 140 valence electrons. The summed E-state index contributed by atoms with van der Waals surface area (Å²) in [5.74, 6) is 0. The minimum atomic E-state index is -1.60. The normalized spacial score (nSPS) is 13.5. The Labute approximate surface area is 163 Å². The molecule has 0 spiro atoms. The average Bonchev–Trinajstić information content (AvgIpc) is 2.60. The van der Waals surface area contributed by atoms with Gasteiger partial charge in [-0.15, -0.1) is 0 Å². The van der Waals surface area contributed by atoms with E-state index in [0.717, 1.165) is 5.54 Å². The van der Waals surface area contributed by atoms with Gasteiger partial charge in [-0.2, -0.15) is 0 Å². The van der Waals surface area contributed by atoms with Crippen molar-refractivity contribution in [2.75, 3.05) is 0 Å². The van der Waals surface area contributed by atoms with Crippen molar-refractivity contribution >= 4 is 32.6 Å². The van der Waals surface area contributed by atoms with Crippen LogP contribution in [0.4, 0.5) is 0 Å². The topological polar surface area (TPSA) is 0 Å². The molecule has 0 saturated heterocycles. The summed E-state index contributed by atoms with van der Waals surface area (Å²) in [6.45, 7) is 19.7. The lowest BCUT2D eigenvalue weighted by Crippen LogP contribution is -2.47. The average molecular weight is 381 g/mol. The van der Waals surface area contributed by atoms with Crippen molar-refractivity contribution in [3.05, 3.63) is 65.7 Å². The Hall–Kier alpha value is -1.39. The minimum Gasteiger partial charge on any atom is -0.0652 e. The predicted molar refractivity (Wildman–Crippen MR) is 126 cm³/mol. The molecule has 0 heterocycles. The van der Waals surface area contributed by atoms with E-state index in [2.05, 4.69) is 115 Å². The van der Waals surface area contributed by atoms with Gasteiger partial charge in [0.2, 0.25) is 0 Å². The summed E-state index contributed by atoms with van der Waals surface area (Å²) in [5, 5.41) is 3.23. The van der Waals surface area contributed by atoms with Crippen molar-refractivity contribution in [1.29, 1.82) is 0 Å². The van der Waals surface area contributed by atoms with Crippen LogP contribution in [0.25, 0.3) is 11.3 Å². The van der Waals surface area contributed by atoms with E-state index < -0.39 is 16.1 Å². The first-order chi connectivity index (χ1) is 12.1. The molecule has 0 atom stereocenters. The molecule has 0 fully saturated rings. The SMILES string of the molecule is CC(C)[Si](C)(C)/C(=C\c1ccccc1)c1ccccc1[Si](C)(C)C(C)C. The fraction of sp³-hybridized carbons (Fsp3) is 0.417. The Bertz CT molecular complexity index is 753. The molecule has 0 aromatic heterocycles. The van der Waals surface area contributed by atoms with Gasteiger partial charge >= 0.3 is 0 Å². The second-order valence-corrected chi connectivity index (χ2v) is 19.5. The number of hydrogen-bond acceptors (Lipinski definition) is 0. The highest BCUT2D eigenvalue weighted by Gasteiger charge is 2.36. The minimum absolute atomic E-state index is 0.703. The summed E-state index contributed by atoms with van der Waals surface area (Å²) < 4.78 is 0. The van der Waals surface area contributed by atoms with E-state index in [0.29, 0.717) is 5.54 Å². The van der Waals surface area contributed by atoms with Crippen LogP contribution in [0.3, 0.4) is 0 Å². The van der Waals surface area contributed by atoms with Crippen molar-refractivity contribution in [3.8, 4) is 0 Å². The van der Waals surface area contributed by atoms with Crippen LogP contribution in [0.2, 0.25) is 37.3 Å². The molecule has 26 heavy (non-hydrogen) atoms. The molecule has 2 heteroatoms. The first-order valence-electron chi connectivity index (χ1n) is 9.95. The zero-order chi connectivity index (χ0) is 19.5. The molecule has 2 aromatic carbocycles. The van der Waals surface area contributed by atoms with Crippen LogP contribution in [-0.2, 0) is 0 Å². The summed E-state index contributed by atoms with van der Waals surface area (Å²) >= 11 is 0. The van der Waals surface area contributed by atoms with Gasteiger partial charge in [0.25, 0.3) is 0 Å². The second-order valence-electron chi connectivity index (χ2n) is 9.27. The fourth-order valence-electron chi connectivity index (χ4n) is 3.23. The van der Waals surface area contributed by atoms with Gasteiger partial charge < -0.3 is 0 Å². The molecule has 0 aliphatic heterocycles. The van der Waals surface area contributed by atoms with Crippen LogP contribution in [-0.4, -0.2) is 16.1 Å². The van der Waals surface area contributed by atoms with E-state index in [9.17, 15) is 0 Å². The van der Waals surface area contributed by atoms with Crippen molar-refractivity contribution in [2.45, 2.75) is 65.0 Å². The van der Waals surface area contributed by atoms with Crippen LogP contribution < -0.4 is 5.19 Å². The van der Waals surface area contributed by atoms with Gasteiger partial charge in [0.05, 0.1) is 16.1 Å². The largest absolute Gasteiger partial charge is 0.0839 e. The molecule has 0 unspecified atom stereocenters. The van der Waals surface area contributed by atoms with E-state index in [-0.39, 0.29) is 0 Å². The predicted octanol–water partition coefficient (Wildman–Crippen LogP) is 7.21.